The van der Waals surface area contributed by atoms with Gasteiger partial charge in [-0.3, -0.25) is 116 Å². The molecule has 0 aromatic carbocycles. The summed E-state index contributed by atoms with van der Waals surface area (Å²) >= 11 is 0. The number of guanidine groups is 2. The summed E-state index contributed by atoms with van der Waals surface area (Å²) in [7, 11) is 2.86. The lowest BCUT2D eigenvalue weighted by molar-refractivity contribution is -0.192. The molecule has 1 aromatic rings. The summed E-state index contributed by atoms with van der Waals surface area (Å²) < 4.78 is 31.7. The van der Waals surface area contributed by atoms with Gasteiger partial charge in [-0.25, -0.2) is 9.78 Å². The lowest BCUT2D eigenvalue weighted by Crippen LogP contribution is -2.61. The first-order valence-electron chi connectivity index (χ1n) is 45.5. The molecule has 3 saturated heterocycles. The minimum Gasteiger partial charge on any atom is -0.481 e. The number of carboxylic acid groups (broad SMARTS) is 2. The number of carboxylic acids is 2. The van der Waals surface area contributed by atoms with Crippen molar-refractivity contribution in [1.29, 1.82) is 10.8 Å². The number of nitrogens with one attached hydrogen (secondary N) is 21. The lowest BCUT2D eigenvalue weighted by atomic mass is 10.0. The molecule has 3 aliphatic heterocycles. The fraction of sp³-hybridized carbons (Fsp3) is 0.654. The van der Waals surface area contributed by atoms with Gasteiger partial charge in [-0.1, -0.05) is 57.0 Å². The first kappa shape index (κ1) is 126. The van der Waals surface area contributed by atoms with Crippen molar-refractivity contribution in [2.45, 2.75) is 278 Å². The van der Waals surface area contributed by atoms with Crippen LogP contribution in [0.15, 0.2) is 12.5 Å². The highest BCUT2D eigenvalue weighted by Crippen LogP contribution is 2.27. The molecule has 812 valence electrons. The van der Waals surface area contributed by atoms with E-state index in [9.17, 15) is 110 Å². The Hall–Kier alpha value is -13.4. The van der Waals surface area contributed by atoms with Crippen molar-refractivity contribution in [2.75, 3.05) is 49.2 Å². The van der Waals surface area contributed by atoms with Crippen molar-refractivity contribution in [1.82, 2.24) is 111 Å². The molecule has 57 nitrogen and oxygen atoms in total. The Bertz CT molecular complexity index is 4710. The molecule has 1 unspecified atom stereocenters. The average Bonchev–Trinajstić information content (AvgIpc) is 1.85. The fourth-order valence-electron chi connectivity index (χ4n) is 13.7. The Labute approximate surface area is 844 Å². The summed E-state index contributed by atoms with van der Waals surface area (Å²) in [6.45, 7) is 7.48. The normalized spacial score (nSPS) is 24.4. The van der Waals surface area contributed by atoms with E-state index >= 15 is 19.2 Å². The largest absolute Gasteiger partial charge is 0.490 e. The quantitative estimate of drug-likeness (QED) is 0.0130. The highest BCUT2D eigenvalue weighted by atomic mass is 33.1. The van der Waals surface area contributed by atoms with Gasteiger partial charge in [0.2, 0.25) is 124 Å². The third-order valence-corrected chi connectivity index (χ3v) is 26.3. The standard InChI is InChI=1S/C79H131N31O24S4.C2HF3O2/c1-35(2)26-49-70(127)107-51-31-136-135-30-41(81)63(120)105-50(28-57(84)114)71(128)108-53(73(130)99-42(12-7-8-22-80)64(121)96-38(5)77(134)110-25-11-15-54(110)75(132)102-47(18-21-58(115)116)69(126)109-59(39(6)111)76(133)95-37(4)62(119)104-49)33-138-137-32-52(106-66(123)44(14-10-24-92-79(88)89)98-65(122)43(13-9-23-91-78(86)87)97-61(118)36(3)94-72(51)129)74(131)101-45(16-19-55(82)112)67(124)100-46(17-20-56(83)113)68(125)103-48(60(85)117)27-40-29-90-34-93-40;3-2(4,5)1(6)7/h29,34-39,41-54,59,111H,7-28,30-33,80-81H2,1-6H3,(H2,82,112)(H2,83,113)(H2,84,114)(H2,85,117)(H,90,93)(H,94,129)(H,95,133)(H,96,121)(H,97,118)(H,98,122)(H,99,130)(H,100,124)(H,101,131)(H,102,132)(H,103,125)(H,104,119)(H,105,120)(H,106,123)(H,107,127)(H,108,128)(H,109,126)(H,115,116)(H4,86,87,91)(H4,88,89,92);(H,6,7)/t36-,37-,38-,39+,41-,42-,43-,44-,45-,46-,47?,48-,49-,50-,51-,52-,53-,54-,59-;/m0./s1. The zero-order valence-corrected chi connectivity index (χ0v) is 83.4. The molecule has 64 heteroatoms. The molecule has 19 atom stereocenters. The summed E-state index contributed by atoms with van der Waals surface area (Å²) in [6, 6.07) is -31.5. The topological polar surface area (TPSA) is 958 Å². The summed E-state index contributed by atoms with van der Waals surface area (Å²) in [6.07, 6.45) is -10.7. The molecular formula is C81H132F3N31O26S4. The predicted molar refractivity (Wildman–Crippen MR) is 516 cm³/mol. The Morgan fingerprint density at radius 3 is 1.43 bits per heavy atom. The van der Waals surface area contributed by atoms with Gasteiger partial charge >= 0.3 is 18.1 Å². The van der Waals surface area contributed by atoms with Crippen LogP contribution in [0.4, 0.5) is 13.2 Å². The molecule has 40 N–H and O–H groups in total. The van der Waals surface area contributed by atoms with Gasteiger partial charge in [0.1, 0.15) is 103 Å². The maximum atomic E-state index is 15.4. The monoisotopic (exact) mass is 2140 g/mol. The van der Waals surface area contributed by atoms with E-state index in [1.54, 1.807) is 13.8 Å². The Morgan fingerprint density at radius 1 is 0.503 bits per heavy atom. The van der Waals surface area contributed by atoms with Crippen LogP contribution in [-0.2, 0) is 117 Å². The number of fused-ring (bicyclic) bond motifs is 12. The number of nitrogens with two attached hydrogens (primary N) is 8. The number of aliphatic hydroxyl groups excluding tert-OH is 1. The number of aliphatic hydroxyl groups is 1. The maximum Gasteiger partial charge on any atom is 0.490 e. The van der Waals surface area contributed by atoms with Crippen molar-refractivity contribution in [3.8, 4) is 0 Å². The summed E-state index contributed by atoms with van der Waals surface area (Å²) in [5.74, 6) is -32.0. The van der Waals surface area contributed by atoms with E-state index in [-0.39, 0.29) is 90.4 Å². The Morgan fingerprint density at radius 2 is 0.938 bits per heavy atom. The third kappa shape index (κ3) is 47.4. The van der Waals surface area contributed by atoms with Gasteiger partial charge in [-0.2, -0.15) is 13.2 Å². The molecule has 4 rings (SSSR count). The fourth-order valence-corrected chi connectivity index (χ4v) is 18.3. The lowest BCUT2D eigenvalue weighted by Gasteiger charge is -2.30. The number of alkyl halides is 3. The van der Waals surface area contributed by atoms with Crippen molar-refractivity contribution >= 4 is 191 Å². The molecule has 0 spiro atoms. The molecule has 3 aliphatic rings. The van der Waals surface area contributed by atoms with Crippen molar-refractivity contribution in [3.63, 3.8) is 0 Å². The number of hydrogen-bond donors (Lipinski definition) is 32. The maximum absolute atomic E-state index is 15.4. The second kappa shape index (κ2) is 63.7. The second-order valence-electron chi connectivity index (χ2n) is 34.1. The number of hydrogen-bond acceptors (Lipinski definition) is 33. The van der Waals surface area contributed by atoms with Gasteiger partial charge in [0.15, 0.2) is 11.9 Å². The number of halogens is 3. The van der Waals surface area contributed by atoms with Gasteiger partial charge in [-0.05, 0) is 124 Å². The van der Waals surface area contributed by atoms with Crippen LogP contribution < -0.4 is 142 Å². The number of aliphatic carboxylic acids is 2. The molecule has 3 fully saturated rings. The molecule has 4 heterocycles. The first-order valence-corrected chi connectivity index (χ1v) is 50.5. The minimum absolute atomic E-state index is 0.0327. The number of carbonyl (C=O) groups is 23. The number of carbonyl (C=O) groups excluding carboxylic acids is 21. The number of H-pyrrole nitrogens is 1. The SMILES string of the molecule is CC(C)C[C@@H]1NC(=O)[C@H](C)NC(=O)[C@H]([C@@H](C)O)NC(=O)C(CCC(=O)O)NC(=O)[C@@H]2CCCN2C(=O)[C@H](C)NC(=O)[C@H](CCCCN)NC(=O)[C@@H]2CSSC[C@@H](C(=O)N[C@@H](CCC(N)=O)C(=O)N[C@@H](CCC(N)=O)C(=O)N[C@@H](Cc3cnc[nH]3)C(N)=O)NC(=O)[C@H](CCCNC(=N)N)NC(=O)[C@H](CCCNC(=N)N)NC(=O)[C@H](C)NC(=O)[C@H](CSSC[C@H](N)C(=O)N[C@@H](CC(N)=O)C(=O)N2)NC1=O.O=C(O)C(F)(F)F. The number of primary amides is 4. The predicted octanol–water partition coefficient (Wildman–Crippen LogP) is -11.7. The van der Waals surface area contributed by atoms with Crippen LogP contribution in [0.3, 0.4) is 0 Å². The molecular weight excluding hydrogens is 2010 g/mol. The summed E-state index contributed by atoms with van der Waals surface area (Å²) in [5.41, 5.74) is 46.2. The number of amides is 21. The minimum atomic E-state index is -5.08. The summed E-state index contributed by atoms with van der Waals surface area (Å²) in [4.78, 5) is 329. The zero-order valence-electron chi connectivity index (χ0n) is 80.1. The number of rotatable bonds is 35. The number of unbranched alkanes of at least 4 members (excludes halogenated alkanes) is 1. The number of imidazole rings is 1. The number of nitrogens with zero attached hydrogens (tertiary/aromatic N) is 2. The van der Waals surface area contributed by atoms with Crippen molar-refractivity contribution < 1.29 is 139 Å². The van der Waals surface area contributed by atoms with Crippen LogP contribution in [0.2, 0.25) is 0 Å². The van der Waals surface area contributed by atoms with Crippen LogP contribution in [0.5, 0.6) is 0 Å². The molecule has 0 saturated carbocycles. The van der Waals surface area contributed by atoms with Gasteiger partial charge in [0.05, 0.1) is 24.9 Å². The van der Waals surface area contributed by atoms with Crippen LogP contribution in [0.1, 0.15) is 156 Å². The van der Waals surface area contributed by atoms with Crippen LogP contribution in [0, 0.1) is 16.7 Å². The van der Waals surface area contributed by atoms with Gasteiger partial charge in [-0.15, -0.1) is 0 Å². The van der Waals surface area contributed by atoms with E-state index in [4.69, 9.17) is 66.6 Å². The van der Waals surface area contributed by atoms with E-state index in [1.807, 2.05) is 0 Å². The van der Waals surface area contributed by atoms with E-state index < -0.39 is 349 Å². The highest BCUT2D eigenvalue weighted by Gasteiger charge is 2.44. The first-order chi connectivity index (χ1) is 67.9. The summed E-state index contributed by atoms with van der Waals surface area (Å²) in [5, 5.41) is 87.8. The molecule has 0 aliphatic carbocycles. The van der Waals surface area contributed by atoms with Crippen LogP contribution in [0.25, 0.3) is 0 Å². The van der Waals surface area contributed by atoms with Gasteiger partial charge < -0.3 is 167 Å². The Kier molecular flexibility index (Phi) is 55.3. The van der Waals surface area contributed by atoms with E-state index in [1.165, 1.54) is 19.4 Å². The second-order valence-corrected chi connectivity index (χ2v) is 39.2. The van der Waals surface area contributed by atoms with Crippen LogP contribution >= 0.6 is 43.2 Å². The van der Waals surface area contributed by atoms with E-state index in [2.05, 4.69) is 106 Å². The van der Waals surface area contributed by atoms with Crippen LogP contribution in [-0.4, -0.2) is 348 Å². The van der Waals surface area contributed by atoms with Gasteiger partial charge in [0, 0.05) is 80.2 Å². The zero-order chi connectivity index (χ0) is 109. The molecule has 21 amide bonds. The number of aromatic nitrogens is 2. The van der Waals surface area contributed by atoms with Crippen molar-refractivity contribution in [2.24, 2.45) is 51.8 Å². The van der Waals surface area contributed by atoms with Crippen molar-refractivity contribution in [3.05, 3.63) is 18.2 Å². The average molecular weight is 2140 g/mol. The van der Waals surface area contributed by atoms with Gasteiger partial charge in [0.25, 0.3) is 0 Å². The van der Waals surface area contributed by atoms with E-state index in [0.29, 0.717) is 27.3 Å². The number of aromatic amines is 1. The molecule has 145 heavy (non-hydrogen) atoms. The molecule has 0 radical (unpaired) electrons. The highest BCUT2D eigenvalue weighted by molar-refractivity contribution is 8.77. The van der Waals surface area contributed by atoms with E-state index in [0.717, 1.165) is 47.3 Å². The Balaban J connectivity index is 0.00000742. The smallest absolute Gasteiger partial charge is 0.481 e. The molecule has 2 bridgehead atoms. The third-order valence-electron chi connectivity index (χ3n) is 21.5. The molecule has 1 aromatic heterocycles.